The van der Waals surface area contributed by atoms with Crippen molar-refractivity contribution >= 4 is 18.9 Å². The molecule has 3 saturated carbocycles. The number of nitrogens with one attached hydrogen (secondary N) is 2. The van der Waals surface area contributed by atoms with Crippen LogP contribution in [0.25, 0.3) is 11.3 Å². The Morgan fingerprint density at radius 2 is 1.77 bits per heavy atom. The summed E-state index contributed by atoms with van der Waals surface area (Å²) >= 11 is 0. The second-order valence-corrected chi connectivity index (χ2v) is 13.0. The van der Waals surface area contributed by atoms with Gasteiger partial charge in [0.1, 0.15) is 11.7 Å². The third-order valence-corrected chi connectivity index (χ3v) is 9.45. The van der Waals surface area contributed by atoms with E-state index in [0.717, 1.165) is 18.4 Å². The van der Waals surface area contributed by atoms with E-state index in [1.54, 1.807) is 12.1 Å². The van der Waals surface area contributed by atoms with Crippen LogP contribution in [-0.4, -0.2) is 58.8 Å². The molecule has 40 heavy (non-hydrogen) atoms. The molecular weight excluding hydrogens is 505 g/mol. The molecular formula is C31H42BN3O5. The third-order valence-electron chi connectivity index (χ3n) is 9.45. The van der Waals surface area contributed by atoms with Gasteiger partial charge in [-0.05, 0) is 68.4 Å². The summed E-state index contributed by atoms with van der Waals surface area (Å²) < 4.78 is 13.1. The van der Waals surface area contributed by atoms with Gasteiger partial charge in [0.2, 0.25) is 5.91 Å². The van der Waals surface area contributed by atoms with Crippen LogP contribution < -0.4 is 10.6 Å². The number of carbonyl (C=O) groups excluding carboxylic acids is 2. The zero-order chi connectivity index (χ0) is 28.8. The van der Waals surface area contributed by atoms with Gasteiger partial charge in [-0.25, -0.2) is 4.98 Å². The number of amides is 2. The highest BCUT2D eigenvalue weighted by atomic mass is 16.7. The predicted molar refractivity (Wildman–Crippen MR) is 154 cm³/mol. The molecule has 8 nitrogen and oxygen atoms in total. The molecule has 0 spiro atoms. The average Bonchev–Trinajstić information content (AvgIpc) is 3.28. The molecule has 4 fully saturated rings. The highest BCUT2D eigenvalue weighted by Gasteiger charge is 2.68. The van der Waals surface area contributed by atoms with E-state index in [9.17, 15) is 14.7 Å². The Kier molecular flexibility index (Phi) is 7.85. The first-order chi connectivity index (χ1) is 18.9. The molecule has 214 valence electrons. The van der Waals surface area contributed by atoms with Crippen molar-refractivity contribution in [3.63, 3.8) is 0 Å². The number of hydrogen-bond acceptors (Lipinski definition) is 6. The quantitative estimate of drug-likeness (QED) is 0.409. The van der Waals surface area contributed by atoms with Crippen LogP contribution in [-0.2, 0) is 14.1 Å². The average molecular weight is 548 g/mol. The maximum Gasteiger partial charge on any atom is 0.481 e. The van der Waals surface area contributed by atoms with Crippen LogP contribution in [0, 0.1) is 23.2 Å². The molecule has 3 N–H and O–H groups in total. The van der Waals surface area contributed by atoms with E-state index in [2.05, 4.69) is 50.2 Å². The lowest BCUT2D eigenvalue weighted by atomic mass is 9.43. The number of aromatic nitrogens is 1. The van der Waals surface area contributed by atoms with Crippen LogP contribution >= 0.6 is 0 Å². The second-order valence-electron chi connectivity index (χ2n) is 13.0. The van der Waals surface area contributed by atoms with E-state index >= 15 is 0 Å². The minimum Gasteiger partial charge on any atom is -0.404 e. The second kappa shape index (κ2) is 10.9. The lowest BCUT2D eigenvalue weighted by Crippen LogP contribution is -2.65. The number of benzene rings is 1. The van der Waals surface area contributed by atoms with Gasteiger partial charge in [-0.3, -0.25) is 9.59 Å². The van der Waals surface area contributed by atoms with Gasteiger partial charge in [-0.15, -0.1) is 0 Å². The predicted octanol–water partition coefficient (Wildman–Crippen LogP) is 4.03. The Labute approximate surface area is 237 Å². The fraction of sp³-hybridized carbons (Fsp3) is 0.581. The van der Waals surface area contributed by atoms with Crippen molar-refractivity contribution in [1.29, 1.82) is 0 Å². The third kappa shape index (κ3) is 5.31. The largest absolute Gasteiger partial charge is 0.481 e. The van der Waals surface area contributed by atoms with Crippen molar-refractivity contribution in [1.82, 2.24) is 15.6 Å². The molecule has 3 aliphatic carbocycles. The van der Waals surface area contributed by atoms with E-state index in [1.165, 1.54) is 6.92 Å². The van der Waals surface area contributed by atoms with Crippen molar-refractivity contribution in [2.45, 2.75) is 90.6 Å². The Hall–Kier alpha value is -2.75. The number of aliphatic hydroxyl groups is 1. The van der Waals surface area contributed by atoms with Gasteiger partial charge in [-0.1, -0.05) is 64.1 Å². The molecule has 2 amide bonds. The van der Waals surface area contributed by atoms with E-state index in [0.29, 0.717) is 24.0 Å². The standard InChI is InChI=1S/C31H42BN3O5/c1-18(2)15-26(32-39-25-17-21-16-24(30(21,4)5)31(25,6)40-32)34-29(38)27(19(3)36)35-28(37)23-14-10-13-22(33-23)20-11-8-7-9-12-20/h7-14,18-19,21,24-27,36H,15-17H2,1-6H3,(H,34,38)(H,35,37)/t19-,21-,24-,25-,26+,27+,31+/m1/s1. The molecule has 6 rings (SSSR count). The van der Waals surface area contributed by atoms with Gasteiger partial charge < -0.3 is 25.0 Å². The summed E-state index contributed by atoms with van der Waals surface area (Å²) in [6.45, 7) is 12.5. The minimum absolute atomic E-state index is 0.00364. The highest BCUT2D eigenvalue weighted by Crippen LogP contribution is 2.65. The SMILES string of the molecule is CC(C)C[C@H](NC(=O)[C@@H](NC(=O)c1cccc(-c2ccccc2)n1)[C@@H](C)O)B1O[C@@H]2C[C@H]3C[C@H](C3(C)C)[C@]2(C)O1. The molecule has 7 atom stereocenters. The molecule has 2 aromatic rings. The first-order valence-electron chi connectivity index (χ1n) is 14.5. The van der Waals surface area contributed by atoms with Crippen LogP contribution in [0.2, 0.25) is 0 Å². The smallest absolute Gasteiger partial charge is 0.404 e. The van der Waals surface area contributed by atoms with Crippen LogP contribution in [0.3, 0.4) is 0 Å². The molecule has 9 heteroatoms. The van der Waals surface area contributed by atoms with Gasteiger partial charge >= 0.3 is 7.12 Å². The van der Waals surface area contributed by atoms with E-state index in [-0.39, 0.29) is 23.1 Å². The van der Waals surface area contributed by atoms with Gasteiger partial charge in [0.05, 0.1) is 29.4 Å². The first-order valence-corrected chi connectivity index (χ1v) is 14.5. The number of rotatable bonds is 9. The minimum atomic E-state index is -1.17. The molecule has 1 aromatic heterocycles. The molecule has 0 unspecified atom stereocenters. The summed E-state index contributed by atoms with van der Waals surface area (Å²) in [6.07, 6.45) is 1.61. The monoisotopic (exact) mass is 547 g/mol. The van der Waals surface area contributed by atoms with Crippen molar-refractivity contribution in [2.75, 3.05) is 0 Å². The molecule has 1 aliphatic heterocycles. The fourth-order valence-electron chi connectivity index (χ4n) is 7.04. The van der Waals surface area contributed by atoms with Gasteiger partial charge in [0.15, 0.2) is 0 Å². The fourth-order valence-corrected chi connectivity index (χ4v) is 7.04. The lowest BCUT2D eigenvalue weighted by Gasteiger charge is -2.64. The molecule has 4 aliphatic rings. The Balaban J connectivity index is 1.29. The molecule has 2 bridgehead atoms. The maximum atomic E-state index is 13.5. The van der Waals surface area contributed by atoms with Crippen molar-refractivity contribution in [2.24, 2.45) is 23.2 Å². The van der Waals surface area contributed by atoms with Gasteiger partial charge in [0.25, 0.3) is 5.91 Å². The first kappa shape index (κ1) is 28.8. The van der Waals surface area contributed by atoms with Crippen LogP contribution in [0.4, 0.5) is 0 Å². The summed E-state index contributed by atoms with van der Waals surface area (Å²) in [6, 6.07) is 13.6. The van der Waals surface area contributed by atoms with Crippen LogP contribution in [0.15, 0.2) is 48.5 Å². The summed E-state index contributed by atoms with van der Waals surface area (Å²) in [5.74, 6) is -0.138. The number of hydrogen-bond donors (Lipinski definition) is 3. The molecule has 0 radical (unpaired) electrons. The lowest BCUT2D eigenvalue weighted by molar-refractivity contribution is -0.199. The highest BCUT2D eigenvalue weighted by molar-refractivity contribution is 6.48. The van der Waals surface area contributed by atoms with Crippen molar-refractivity contribution in [3.05, 3.63) is 54.2 Å². The summed E-state index contributed by atoms with van der Waals surface area (Å²) in [5, 5.41) is 16.3. The number of carbonyl (C=O) groups is 2. The van der Waals surface area contributed by atoms with Crippen LogP contribution in [0.5, 0.6) is 0 Å². The van der Waals surface area contributed by atoms with Crippen LogP contribution in [0.1, 0.15) is 71.3 Å². The number of nitrogens with zero attached hydrogens (tertiary/aromatic N) is 1. The Bertz CT molecular complexity index is 1240. The van der Waals surface area contributed by atoms with Gasteiger partial charge in [-0.2, -0.15) is 0 Å². The number of aliphatic hydroxyl groups excluding tert-OH is 1. The maximum absolute atomic E-state index is 13.5. The molecule has 1 aromatic carbocycles. The van der Waals surface area contributed by atoms with Gasteiger partial charge in [0, 0.05) is 5.56 Å². The van der Waals surface area contributed by atoms with Crippen molar-refractivity contribution < 1.29 is 24.0 Å². The summed E-state index contributed by atoms with van der Waals surface area (Å²) in [4.78, 5) is 31.2. The van der Waals surface area contributed by atoms with E-state index < -0.39 is 42.6 Å². The Morgan fingerprint density at radius 1 is 1.05 bits per heavy atom. The molecule has 1 saturated heterocycles. The molecule has 2 heterocycles. The number of pyridine rings is 1. The Morgan fingerprint density at radius 3 is 2.42 bits per heavy atom. The zero-order valence-electron chi connectivity index (χ0n) is 24.4. The van der Waals surface area contributed by atoms with E-state index in [1.807, 2.05) is 36.4 Å². The normalized spacial score (nSPS) is 28.7. The van der Waals surface area contributed by atoms with E-state index in [4.69, 9.17) is 9.31 Å². The van der Waals surface area contributed by atoms with Crippen molar-refractivity contribution in [3.8, 4) is 11.3 Å². The summed E-state index contributed by atoms with van der Waals surface area (Å²) in [5.41, 5.74) is 1.52. The summed E-state index contributed by atoms with van der Waals surface area (Å²) in [7, 11) is -0.592. The topological polar surface area (TPSA) is 110 Å². The zero-order valence-corrected chi connectivity index (χ0v) is 24.4.